The van der Waals surface area contributed by atoms with Crippen molar-refractivity contribution in [2.24, 2.45) is 0 Å². The first-order chi connectivity index (χ1) is 9.83. The Hall–Kier alpha value is -1.96. The van der Waals surface area contributed by atoms with Crippen LogP contribution in [0.2, 0.25) is 0 Å². The summed E-state index contributed by atoms with van der Waals surface area (Å²) in [7, 11) is 0. The third-order valence-electron chi connectivity index (χ3n) is 4.04. The fraction of sp³-hybridized carbons (Fsp3) is 0.333. The topological polar surface area (TPSA) is 20.7 Å². The van der Waals surface area contributed by atoms with Crippen LogP contribution in [0.1, 0.15) is 43.9 Å². The lowest BCUT2D eigenvalue weighted by Crippen LogP contribution is -2.06. The van der Waals surface area contributed by atoms with Crippen molar-refractivity contribution in [2.45, 2.75) is 39.2 Å². The predicted octanol–water partition coefficient (Wildman–Crippen LogP) is 4.92. The Bertz CT molecular complexity index is 690. The minimum absolute atomic E-state index is 0.414. The summed E-state index contributed by atoms with van der Waals surface area (Å²) in [4.78, 5) is 3.39. The van der Waals surface area contributed by atoms with E-state index in [9.17, 15) is 0 Å². The summed E-state index contributed by atoms with van der Waals surface area (Å²) in [6, 6.07) is 11.2. The molecule has 2 aromatic heterocycles. The molecule has 1 unspecified atom stereocenters. The molecule has 2 nitrogen and oxygen atoms in total. The molecule has 0 aliphatic heterocycles. The number of nitrogens with one attached hydrogen (secondary N) is 1. The lowest BCUT2D eigenvalue weighted by atomic mass is 10.0. The second-order valence-corrected chi connectivity index (χ2v) is 5.43. The number of aromatic amines is 1. The van der Waals surface area contributed by atoms with Gasteiger partial charge in [0.15, 0.2) is 0 Å². The number of hydrogen-bond donors (Lipinski definition) is 1. The third-order valence-corrected chi connectivity index (χ3v) is 4.04. The Morgan fingerprint density at radius 2 is 2.00 bits per heavy atom. The molecule has 2 heteroatoms. The summed E-state index contributed by atoms with van der Waals surface area (Å²) in [5.41, 5.74) is 4.05. The molecule has 0 amide bonds. The lowest BCUT2D eigenvalue weighted by molar-refractivity contribution is 0.572. The first kappa shape index (κ1) is 13.0. The van der Waals surface area contributed by atoms with E-state index in [1.54, 1.807) is 0 Å². The number of rotatable bonds is 5. The molecule has 1 N–H and O–H groups in total. The van der Waals surface area contributed by atoms with Gasteiger partial charge in [-0.2, -0.15) is 0 Å². The number of hydrogen-bond acceptors (Lipinski definition) is 0. The van der Waals surface area contributed by atoms with E-state index in [2.05, 4.69) is 72.3 Å². The van der Waals surface area contributed by atoms with Gasteiger partial charge in [0, 0.05) is 35.1 Å². The van der Waals surface area contributed by atoms with Crippen molar-refractivity contribution in [3.8, 4) is 0 Å². The normalized spacial score (nSPS) is 12.9. The van der Waals surface area contributed by atoms with Crippen LogP contribution < -0.4 is 0 Å². The number of para-hydroxylation sites is 1. The number of fused-ring (bicyclic) bond motifs is 1. The molecular formula is C18H22N2. The first-order valence-electron chi connectivity index (χ1n) is 7.55. The molecule has 0 aliphatic carbocycles. The number of aromatic nitrogens is 2. The molecule has 0 saturated heterocycles. The zero-order valence-electron chi connectivity index (χ0n) is 12.3. The van der Waals surface area contributed by atoms with Crippen LogP contribution in [0.25, 0.3) is 10.9 Å². The van der Waals surface area contributed by atoms with Gasteiger partial charge in [-0.1, -0.05) is 38.5 Å². The average Bonchev–Trinajstić information content (AvgIpc) is 3.09. The van der Waals surface area contributed by atoms with Crippen LogP contribution in [0.15, 0.2) is 48.9 Å². The van der Waals surface area contributed by atoms with E-state index in [0.717, 1.165) is 12.8 Å². The van der Waals surface area contributed by atoms with Gasteiger partial charge in [-0.15, -0.1) is 0 Å². The van der Waals surface area contributed by atoms with Gasteiger partial charge in [-0.25, -0.2) is 0 Å². The summed E-state index contributed by atoms with van der Waals surface area (Å²) in [6.07, 6.45) is 10.2. The van der Waals surface area contributed by atoms with E-state index in [1.807, 2.05) is 0 Å². The number of benzene rings is 1. The molecule has 3 rings (SSSR count). The summed E-state index contributed by atoms with van der Waals surface area (Å²) in [5.74, 6) is 0. The van der Waals surface area contributed by atoms with Crippen LogP contribution in [0.5, 0.6) is 0 Å². The van der Waals surface area contributed by atoms with Crippen molar-refractivity contribution in [2.75, 3.05) is 0 Å². The SMILES string of the molecule is CCCc1ccn(C(CC)c2c[nH]c3ccccc23)c1. The third kappa shape index (κ3) is 2.26. The highest BCUT2D eigenvalue weighted by atomic mass is 15.0. The highest BCUT2D eigenvalue weighted by Crippen LogP contribution is 2.29. The van der Waals surface area contributed by atoms with Gasteiger partial charge < -0.3 is 9.55 Å². The standard InChI is InChI=1S/C18H22N2/c1-3-7-14-10-11-20(13-14)18(4-2)16-12-19-17-9-6-5-8-15(16)17/h5-6,8-13,18-19H,3-4,7H2,1-2H3. The minimum Gasteiger partial charge on any atom is -0.361 e. The van der Waals surface area contributed by atoms with Crippen molar-refractivity contribution >= 4 is 10.9 Å². The van der Waals surface area contributed by atoms with Gasteiger partial charge in [0.05, 0.1) is 6.04 Å². The molecule has 104 valence electrons. The maximum absolute atomic E-state index is 3.39. The molecule has 1 atom stereocenters. The lowest BCUT2D eigenvalue weighted by Gasteiger charge is -2.16. The zero-order valence-corrected chi connectivity index (χ0v) is 12.3. The van der Waals surface area contributed by atoms with Gasteiger partial charge in [0.25, 0.3) is 0 Å². The van der Waals surface area contributed by atoms with E-state index in [-0.39, 0.29) is 0 Å². The molecule has 0 bridgehead atoms. The Morgan fingerprint density at radius 3 is 2.80 bits per heavy atom. The van der Waals surface area contributed by atoms with Crippen molar-refractivity contribution in [1.82, 2.24) is 9.55 Å². The van der Waals surface area contributed by atoms with Crippen molar-refractivity contribution in [3.05, 3.63) is 60.0 Å². The summed E-state index contributed by atoms with van der Waals surface area (Å²) >= 11 is 0. The second-order valence-electron chi connectivity index (χ2n) is 5.43. The average molecular weight is 266 g/mol. The maximum atomic E-state index is 3.39. The molecule has 1 aromatic carbocycles. The molecule has 0 spiro atoms. The van der Waals surface area contributed by atoms with Crippen LogP contribution in [0.3, 0.4) is 0 Å². The predicted molar refractivity (Wildman–Crippen MR) is 85.2 cm³/mol. The van der Waals surface area contributed by atoms with Gasteiger partial charge in [-0.05, 0) is 30.5 Å². The maximum Gasteiger partial charge on any atom is 0.0598 e. The monoisotopic (exact) mass is 266 g/mol. The van der Waals surface area contributed by atoms with Crippen molar-refractivity contribution in [1.29, 1.82) is 0 Å². The second kappa shape index (κ2) is 5.58. The summed E-state index contributed by atoms with van der Waals surface area (Å²) in [6.45, 7) is 4.49. The summed E-state index contributed by atoms with van der Waals surface area (Å²) < 4.78 is 2.36. The first-order valence-corrected chi connectivity index (χ1v) is 7.55. The molecule has 2 heterocycles. The Balaban J connectivity index is 2.00. The van der Waals surface area contributed by atoms with Crippen molar-refractivity contribution in [3.63, 3.8) is 0 Å². The fourth-order valence-corrected chi connectivity index (χ4v) is 3.05. The van der Waals surface area contributed by atoms with Crippen LogP contribution >= 0.6 is 0 Å². The molecule has 3 aromatic rings. The van der Waals surface area contributed by atoms with E-state index in [4.69, 9.17) is 0 Å². The Kier molecular flexibility index (Phi) is 3.64. The number of aryl methyl sites for hydroxylation is 1. The zero-order chi connectivity index (χ0) is 13.9. The molecule has 0 fully saturated rings. The molecule has 0 saturated carbocycles. The van der Waals surface area contributed by atoms with Crippen LogP contribution in [-0.2, 0) is 6.42 Å². The smallest absolute Gasteiger partial charge is 0.0598 e. The largest absolute Gasteiger partial charge is 0.361 e. The number of H-pyrrole nitrogens is 1. The van der Waals surface area contributed by atoms with E-state index >= 15 is 0 Å². The van der Waals surface area contributed by atoms with Gasteiger partial charge in [0.1, 0.15) is 0 Å². The Morgan fingerprint density at radius 1 is 1.15 bits per heavy atom. The highest BCUT2D eigenvalue weighted by molar-refractivity contribution is 5.83. The van der Waals surface area contributed by atoms with Crippen molar-refractivity contribution < 1.29 is 0 Å². The minimum atomic E-state index is 0.414. The Labute approximate surface area is 120 Å². The molecule has 0 aliphatic rings. The summed E-state index contributed by atoms with van der Waals surface area (Å²) in [5, 5.41) is 1.34. The van der Waals surface area contributed by atoms with Crippen LogP contribution in [-0.4, -0.2) is 9.55 Å². The van der Waals surface area contributed by atoms with E-state index in [0.29, 0.717) is 6.04 Å². The van der Waals surface area contributed by atoms with Gasteiger partial charge >= 0.3 is 0 Å². The van der Waals surface area contributed by atoms with Crippen LogP contribution in [0.4, 0.5) is 0 Å². The highest BCUT2D eigenvalue weighted by Gasteiger charge is 2.15. The van der Waals surface area contributed by atoms with Crippen LogP contribution in [0, 0.1) is 0 Å². The van der Waals surface area contributed by atoms with E-state index in [1.165, 1.54) is 28.5 Å². The van der Waals surface area contributed by atoms with E-state index < -0.39 is 0 Å². The van der Waals surface area contributed by atoms with Gasteiger partial charge in [-0.3, -0.25) is 0 Å². The quantitative estimate of drug-likeness (QED) is 0.676. The van der Waals surface area contributed by atoms with Gasteiger partial charge in [0.2, 0.25) is 0 Å². The number of nitrogens with zero attached hydrogens (tertiary/aromatic N) is 1. The molecular weight excluding hydrogens is 244 g/mol. The fourth-order valence-electron chi connectivity index (χ4n) is 3.05. The molecule has 0 radical (unpaired) electrons. The molecule has 20 heavy (non-hydrogen) atoms.